The van der Waals surface area contributed by atoms with Gasteiger partial charge >= 0.3 is 5.69 Å². The van der Waals surface area contributed by atoms with Gasteiger partial charge in [0.05, 0.1) is 15.9 Å². The summed E-state index contributed by atoms with van der Waals surface area (Å²) in [5.74, 6) is 0.808. The van der Waals surface area contributed by atoms with Gasteiger partial charge in [0.2, 0.25) is 5.82 Å². The lowest BCUT2D eigenvalue weighted by Crippen LogP contribution is -2.36. The van der Waals surface area contributed by atoms with Gasteiger partial charge < -0.3 is 9.51 Å². The van der Waals surface area contributed by atoms with Crippen LogP contribution in [0.25, 0.3) is 33.7 Å². The van der Waals surface area contributed by atoms with E-state index in [1.54, 1.807) is 30.3 Å². The molecule has 0 aliphatic carbocycles. The molecule has 0 saturated carbocycles. The molecule has 28 heavy (non-hydrogen) atoms. The number of aromatic nitrogens is 4. The summed E-state index contributed by atoms with van der Waals surface area (Å²) in [6.45, 7) is 4.26. The van der Waals surface area contributed by atoms with E-state index in [4.69, 9.17) is 16.1 Å². The fraction of sp³-hybridized carbons (Fsp3) is 0.200. The number of hydrogen-bond donors (Lipinski definition) is 1. The Bertz CT molecular complexity index is 1290. The van der Waals surface area contributed by atoms with Crippen LogP contribution in [-0.4, -0.2) is 19.7 Å². The van der Waals surface area contributed by atoms with Crippen LogP contribution in [0.2, 0.25) is 5.02 Å². The predicted molar refractivity (Wildman–Crippen MR) is 107 cm³/mol. The zero-order chi connectivity index (χ0) is 19.8. The molecule has 0 fully saturated rings. The largest absolute Gasteiger partial charge is 0.334 e. The van der Waals surface area contributed by atoms with Crippen LogP contribution in [0.4, 0.5) is 0 Å². The predicted octanol–water partition coefficient (Wildman–Crippen LogP) is 3.72. The van der Waals surface area contributed by atoms with E-state index in [1.807, 2.05) is 26.0 Å². The van der Waals surface area contributed by atoms with Gasteiger partial charge in [-0.15, -0.1) is 0 Å². The Kier molecular flexibility index (Phi) is 4.60. The molecule has 142 valence electrons. The Hall–Kier alpha value is -3.19. The van der Waals surface area contributed by atoms with Gasteiger partial charge in [-0.05, 0) is 36.2 Å². The Morgan fingerprint density at radius 1 is 1.18 bits per heavy atom. The summed E-state index contributed by atoms with van der Waals surface area (Å²) in [5, 5.41) is 4.92. The first kappa shape index (κ1) is 18.2. The first-order valence-corrected chi connectivity index (χ1v) is 9.17. The third-order valence-corrected chi connectivity index (χ3v) is 4.65. The van der Waals surface area contributed by atoms with E-state index >= 15 is 0 Å². The van der Waals surface area contributed by atoms with Crippen LogP contribution >= 0.6 is 11.6 Å². The van der Waals surface area contributed by atoms with E-state index in [0.717, 1.165) is 0 Å². The summed E-state index contributed by atoms with van der Waals surface area (Å²) in [4.78, 5) is 32.1. The number of fused-ring (bicyclic) bond motifs is 1. The van der Waals surface area contributed by atoms with Crippen LogP contribution in [0.3, 0.4) is 0 Å². The zero-order valence-corrected chi connectivity index (χ0v) is 16.0. The topological polar surface area (TPSA) is 93.8 Å². The molecule has 0 aliphatic heterocycles. The normalized spacial score (nSPS) is 11.4. The molecule has 4 rings (SSSR count). The van der Waals surface area contributed by atoms with E-state index in [-0.39, 0.29) is 17.4 Å². The first-order valence-electron chi connectivity index (χ1n) is 8.80. The number of nitrogens with one attached hydrogen (secondary N) is 1. The Morgan fingerprint density at radius 3 is 2.71 bits per heavy atom. The number of nitrogens with zero attached hydrogens (tertiary/aromatic N) is 3. The Labute approximate surface area is 164 Å². The van der Waals surface area contributed by atoms with Crippen molar-refractivity contribution >= 4 is 22.5 Å². The van der Waals surface area contributed by atoms with Gasteiger partial charge in [0.15, 0.2) is 0 Å². The van der Waals surface area contributed by atoms with E-state index in [2.05, 4.69) is 15.1 Å². The van der Waals surface area contributed by atoms with E-state index in [1.165, 1.54) is 4.57 Å². The summed E-state index contributed by atoms with van der Waals surface area (Å²) in [5.41, 5.74) is 0.914. The number of rotatable bonds is 4. The van der Waals surface area contributed by atoms with Gasteiger partial charge in [-0.3, -0.25) is 9.36 Å². The molecular formula is C20H17ClN4O3. The molecule has 0 bridgehead atoms. The number of H-pyrrole nitrogens is 1. The maximum absolute atomic E-state index is 12.6. The van der Waals surface area contributed by atoms with Gasteiger partial charge in [-0.25, -0.2) is 4.79 Å². The van der Waals surface area contributed by atoms with Crippen molar-refractivity contribution < 1.29 is 4.52 Å². The average Bonchev–Trinajstić information content (AvgIpc) is 3.15. The quantitative estimate of drug-likeness (QED) is 0.567. The molecule has 1 N–H and O–H groups in total. The monoisotopic (exact) mass is 396 g/mol. The standard InChI is InChI=1S/C20H17ClN4O3/c1-11(2)10-25-19(26)14-8-7-12(9-16(14)22-20(25)27)18-23-17(24-28-18)13-5-3-4-6-15(13)21/h3-9,11H,10H2,1-2H3,(H,22,27). The highest BCUT2D eigenvalue weighted by molar-refractivity contribution is 6.33. The van der Waals surface area contributed by atoms with Crippen molar-refractivity contribution in [1.82, 2.24) is 19.7 Å². The lowest BCUT2D eigenvalue weighted by Gasteiger charge is -2.08. The van der Waals surface area contributed by atoms with E-state index in [9.17, 15) is 9.59 Å². The number of benzene rings is 2. The molecule has 2 heterocycles. The maximum atomic E-state index is 12.6. The first-order chi connectivity index (χ1) is 13.4. The third-order valence-electron chi connectivity index (χ3n) is 4.32. The van der Waals surface area contributed by atoms with Gasteiger partial charge in [0, 0.05) is 17.7 Å². The molecule has 2 aromatic heterocycles. The molecule has 0 atom stereocenters. The van der Waals surface area contributed by atoms with Crippen molar-refractivity contribution in [1.29, 1.82) is 0 Å². The number of aromatic amines is 1. The highest BCUT2D eigenvalue weighted by Crippen LogP contribution is 2.28. The van der Waals surface area contributed by atoms with Crippen LogP contribution in [0.1, 0.15) is 13.8 Å². The van der Waals surface area contributed by atoms with Crippen LogP contribution < -0.4 is 11.2 Å². The molecule has 0 radical (unpaired) electrons. The molecule has 0 spiro atoms. The van der Waals surface area contributed by atoms with Crippen molar-refractivity contribution in [3.8, 4) is 22.8 Å². The van der Waals surface area contributed by atoms with Crippen molar-refractivity contribution in [2.24, 2.45) is 5.92 Å². The lowest BCUT2D eigenvalue weighted by atomic mass is 10.1. The van der Waals surface area contributed by atoms with Crippen molar-refractivity contribution in [2.45, 2.75) is 20.4 Å². The second kappa shape index (κ2) is 7.09. The fourth-order valence-electron chi connectivity index (χ4n) is 3.01. The van der Waals surface area contributed by atoms with Gasteiger partial charge in [0.1, 0.15) is 0 Å². The minimum absolute atomic E-state index is 0.178. The second-order valence-corrected chi connectivity index (χ2v) is 7.31. The molecule has 7 nitrogen and oxygen atoms in total. The SMILES string of the molecule is CC(C)Cn1c(=O)[nH]c2cc(-c3nc(-c4ccccc4Cl)no3)ccc2c1=O. The van der Waals surface area contributed by atoms with Crippen LogP contribution in [-0.2, 0) is 6.54 Å². The molecule has 0 aliphatic rings. The fourth-order valence-corrected chi connectivity index (χ4v) is 3.23. The van der Waals surface area contributed by atoms with Crippen LogP contribution in [0.15, 0.2) is 56.6 Å². The smallest absolute Gasteiger partial charge is 0.328 e. The summed E-state index contributed by atoms with van der Waals surface area (Å²) < 4.78 is 6.57. The summed E-state index contributed by atoms with van der Waals surface area (Å²) in [6, 6.07) is 12.2. The summed E-state index contributed by atoms with van der Waals surface area (Å²) in [7, 11) is 0. The molecule has 2 aromatic carbocycles. The zero-order valence-electron chi connectivity index (χ0n) is 15.3. The minimum Gasteiger partial charge on any atom is -0.334 e. The summed E-state index contributed by atoms with van der Waals surface area (Å²) >= 11 is 6.18. The van der Waals surface area contributed by atoms with Crippen molar-refractivity contribution in [3.05, 3.63) is 68.3 Å². The van der Waals surface area contributed by atoms with Gasteiger partial charge in [-0.2, -0.15) is 4.98 Å². The molecule has 4 aromatic rings. The minimum atomic E-state index is -0.439. The number of halogens is 1. The van der Waals surface area contributed by atoms with Crippen LogP contribution in [0.5, 0.6) is 0 Å². The highest BCUT2D eigenvalue weighted by atomic mass is 35.5. The Balaban J connectivity index is 1.78. The van der Waals surface area contributed by atoms with E-state index in [0.29, 0.717) is 39.4 Å². The average molecular weight is 397 g/mol. The van der Waals surface area contributed by atoms with Crippen molar-refractivity contribution in [2.75, 3.05) is 0 Å². The lowest BCUT2D eigenvalue weighted by molar-refractivity contribution is 0.432. The molecule has 0 saturated heterocycles. The van der Waals surface area contributed by atoms with Crippen LogP contribution in [0, 0.1) is 5.92 Å². The maximum Gasteiger partial charge on any atom is 0.328 e. The number of hydrogen-bond acceptors (Lipinski definition) is 5. The molecular weight excluding hydrogens is 380 g/mol. The Morgan fingerprint density at radius 2 is 1.96 bits per heavy atom. The van der Waals surface area contributed by atoms with Gasteiger partial charge in [0.25, 0.3) is 11.4 Å². The summed E-state index contributed by atoms with van der Waals surface area (Å²) in [6.07, 6.45) is 0. The third kappa shape index (κ3) is 3.25. The van der Waals surface area contributed by atoms with Crippen molar-refractivity contribution in [3.63, 3.8) is 0 Å². The highest BCUT2D eigenvalue weighted by Gasteiger charge is 2.15. The second-order valence-electron chi connectivity index (χ2n) is 6.90. The molecule has 0 unspecified atom stereocenters. The molecule has 0 amide bonds. The van der Waals surface area contributed by atoms with E-state index < -0.39 is 5.69 Å². The molecule has 8 heteroatoms. The van der Waals surface area contributed by atoms with Gasteiger partial charge in [-0.1, -0.05) is 42.7 Å².